The highest BCUT2D eigenvalue weighted by molar-refractivity contribution is 5.43. The monoisotopic (exact) mass is 301 g/mol. The van der Waals surface area contributed by atoms with E-state index in [1.165, 1.54) is 6.07 Å². The zero-order chi connectivity index (χ0) is 15.3. The standard InChI is InChI=1S/C15H21F2NO3/c1-3-20-13-8-11(4-5-12(13)21-14(16)17)9-18-15(2)6-7-19-10-15/h4-5,8,14,18H,3,6-7,9-10H2,1-2H3. The second-order valence-corrected chi connectivity index (χ2v) is 5.31. The molecule has 1 aromatic rings. The Morgan fingerprint density at radius 2 is 2.19 bits per heavy atom. The van der Waals surface area contributed by atoms with Crippen molar-refractivity contribution in [2.24, 2.45) is 0 Å². The van der Waals surface area contributed by atoms with E-state index in [2.05, 4.69) is 17.0 Å². The minimum absolute atomic E-state index is 0.0378. The first-order valence-electron chi connectivity index (χ1n) is 7.06. The van der Waals surface area contributed by atoms with Crippen molar-refractivity contribution in [1.29, 1.82) is 0 Å². The molecule has 118 valence electrons. The smallest absolute Gasteiger partial charge is 0.387 e. The molecule has 21 heavy (non-hydrogen) atoms. The lowest BCUT2D eigenvalue weighted by Crippen LogP contribution is -2.42. The van der Waals surface area contributed by atoms with E-state index in [4.69, 9.17) is 9.47 Å². The van der Waals surface area contributed by atoms with Crippen LogP contribution in [0.5, 0.6) is 11.5 Å². The van der Waals surface area contributed by atoms with Crippen LogP contribution in [0.3, 0.4) is 0 Å². The highest BCUT2D eigenvalue weighted by atomic mass is 19.3. The Morgan fingerprint density at radius 3 is 2.81 bits per heavy atom. The summed E-state index contributed by atoms with van der Waals surface area (Å²) in [6.45, 7) is 3.50. The lowest BCUT2D eigenvalue weighted by molar-refractivity contribution is -0.0514. The molecule has 0 spiro atoms. The van der Waals surface area contributed by atoms with Crippen LogP contribution in [0.25, 0.3) is 0 Å². The van der Waals surface area contributed by atoms with Crippen molar-refractivity contribution in [3.05, 3.63) is 23.8 Å². The number of halogens is 2. The summed E-state index contributed by atoms with van der Waals surface area (Å²) in [6, 6.07) is 5.00. The van der Waals surface area contributed by atoms with E-state index < -0.39 is 6.61 Å². The van der Waals surface area contributed by atoms with Crippen LogP contribution in [0.1, 0.15) is 25.8 Å². The van der Waals surface area contributed by atoms with Gasteiger partial charge in [-0.25, -0.2) is 0 Å². The van der Waals surface area contributed by atoms with Crippen LogP contribution in [-0.2, 0) is 11.3 Å². The Morgan fingerprint density at radius 1 is 1.38 bits per heavy atom. The molecular weight excluding hydrogens is 280 g/mol. The Balaban J connectivity index is 2.04. The van der Waals surface area contributed by atoms with Crippen LogP contribution in [0.2, 0.25) is 0 Å². The van der Waals surface area contributed by atoms with Gasteiger partial charge in [0.2, 0.25) is 0 Å². The second-order valence-electron chi connectivity index (χ2n) is 5.31. The Labute approximate surface area is 123 Å². The fraction of sp³-hybridized carbons (Fsp3) is 0.600. The van der Waals surface area contributed by atoms with Gasteiger partial charge in [-0.05, 0) is 38.0 Å². The zero-order valence-electron chi connectivity index (χ0n) is 12.3. The van der Waals surface area contributed by atoms with Crippen molar-refractivity contribution < 1.29 is 23.0 Å². The highest BCUT2D eigenvalue weighted by Gasteiger charge is 2.28. The number of hydrogen-bond donors (Lipinski definition) is 1. The van der Waals surface area contributed by atoms with Crippen LogP contribution in [0.15, 0.2) is 18.2 Å². The molecule has 6 heteroatoms. The van der Waals surface area contributed by atoms with E-state index in [1.54, 1.807) is 19.1 Å². The molecule has 1 unspecified atom stereocenters. The van der Waals surface area contributed by atoms with Gasteiger partial charge < -0.3 is 19.5 Å². The van der Waals surface area contributed by atoms with Gasteiger partial charge in [0, 0.05) is 18.7 Å². The van der Waals surface area contributed by atoms with Gasteiger partial charge in [0.25, 0.3) is 0 Å². The maximum atomic E-state index is 12.3. The predicted octanol–water partition coefficient (Wildman–Crippen LogP) is 2.96. The SMILES string of the molecule is CCOc1cc(CNC2(C)CCOC2)ccc1OC(F)F. The molecule has 1 aromatic carbocycles. The molecule has 0 aliphatic carbocycles. The van der Waals surface area contributed by atoms with Crippen LogP contribution in [-0.4, -0.2) is 32.0 Å². The molecule has 2 rings (SSSR count). The molecule has 0 bridgehead atoms. The third kappa shape index (κ3) is 4.54. The molecule has 0 radical (unpaired) electrons. The Hall–Kier alpha value is -1.40. The summed E-state index contributed by atoms with van der Waals surface area (Å²) in [5.41, 5.74) is 0.914. The zero-order valence-corrected chi connectivity index (χ0v) is 12.3. The number of ether oxygens (including phenoxy) is 3. The summed E-state index contributed by atoms with van der Waals surface area (Å²) in [7, 11) is 0. The Kier molecular flexibility index (Phi) is 5.36. The Bertz CT molecular complexity index is 462. The molecule has 1 atom stereocenters. The maximum absolute atomic E-state index is 12.3. The quantitative estimate of drug-likeness (QED) is 0.840. The van der Waals surface area contributed by atoms with Gasteiger partial charge in [-0.3, -0.25) is 0 Å². The minimum atomic E-state index is -2.86. The highest BCUT2D eigenvalue weighted by Crippen LogP contribution is 2.30. The van der Waals surface area contributed by atoms with Crippen LogP contribution in [0, 0.1) is 0 Å². The summed E-state index contributed by atoms with van der Waals surface area (Å²) in [6.07, 6.45) is 0.956. The first-order valence-corrected chi connectivity index (χ1v) is 7.06. The van der Waals surface area contributed by atoms with Crippen LogP contribution in [0.4, 0.5) is 8.78 Å². The molecule has 1 N–H and O–H groups in total. The lowest BCUT2D eigenvalue weighted by Gasteiger charge is -2.24. The van der Waals surface area contributed by atoms with Crippen molar-refractivity contribution >= 4 is 0 Å². The summed E-state index contributed by atoms with van der Waals surface area (Å²) in [5.74, 6) is 0.399. The van der Waals surface area contributed by atoms with E-state index in [0.29, 0.717) is 25.5 Å². The van der Waals surface area contributed by atoms with Crippen molar-refractivity contribution in [1.82, 2.24) is 5.32 Å². The summed E-state index contributed by atoms with van der Waals surface area (Å²) < 4.78 is 39.9. The predicted molar refractivity (Wildman–Crippen MR) is 74.9 cm³/mol. The van der Waals surface area contributed by atoms with Gasteiger partial charge in [-0.1, -0.05) is 6.07 Å². The van der Waals surface area contributed by atoms with Gasteiger partial charge >= 0.3 is 6.61 Å². The van der Waals surface area contributed by atoms with E-state index >= 15 is 0 Å². The van der Waals surface area contributed by atoms with Crippen molar-refractivity contribution in [3.8, 4) is 11.5 Å². The van der Waals surface area contributed by atoms with Gasteiger partial charge in [-0.15, -0.1) is 0 Å². The van der Waals surface area contributed by atoms with E-state index in [-0.39, 0.29) is 11.3 Å². The number of alkyl halides is 2. The van der Waals surface area contributed by atoms with Gasteiger partial charge in [-0.2, -0.15) is 8.78 Å². The number of rotatable bonds is 7. The molecule has 1 saturated heterocycles. The first kappa shape index (κ1) is 16.0. The van der Waals surface area contributed by atoms with E-state index in [1.807, 2.05) is 0 Å². The third-order valence-electron chi connectivity index (χ3n) is 3.46. The van der Waals surface area contributed by atoms with Crippen molar-refractivity contribution in [2.75, 3.05) is 19.8 Å². The molecular formula is C15H21F2NO3. The van der Waals surface area contributed by atoms with Gasteiger partial charge in [0.1, 0.15) is 0 Å². The normalized spacial score (nSPS) is 21.8. The fourth-order valence-electron chi connectivity index (χ4n) is 2.25. The van der Waals surface area contributed by atoms with E-state index in [9.17, 15) is 8.78 Å². The summed E-state index contributed by atoms with van der Waals surface area (Å²) in [5, 5.41) is 3.43. The molecule has 0 amide bonds. The maximum Gasteiger partial charge on any atom is 0.387 e. The molecule has 1 fully saturated rings. The molecule has 1 heterocycles. The van der Waals surface area contributed by atoms with Gasteiger partial charge in [0.15, 0.2) is 11.5 Å². The molecule has 4 nitrogen and oxygen atoms in total. The third-order valence-corrected chi connectivity index (χ3v) is 3.46. The van der Waals surface area contributed by atoms with Crippen molar-refractivity contribution in [2.45, 2.75) is 39.0 Å². The lowest BCUT2D eigenvalue weighted by atomic mass is 10.0. The number of benzene rings is 1. The summed E-state index contributed by atoms with van der Waals surface area (Å²) >= 11 is 0. The van der Waals surface area contributed by atoms with Gasteiger partial charge in [0.05, 0.1) is 13.2 Å². The van der Waals surface area contributed by atoms with E-state index in [0.717, 1.165) is 18.6 Å². The van der Waals surface area contributed by atoms with Crippen LogP contribution < -0.4 is 14.8 Å². The molecule has 1 aliphatic heterocycles. The topological polar surface area (TPSA) is 39.7 Å². The number of hydrogen-bond acceptors (Lipinski definition) is 4. The second kappa shape index (κ2) is 7.04. The molecule has 0 saturated carbocycles. The first-order chi connectivity index (χ1) is 10.0. The molecule has 1 aliphatic rings. The fourth-order valence-corrected chi connectivity index (χ4v) is 2.25. The summed E-state index contributed by atoms with van der Waals surface area (Å²) in [4.78, 5) is 0. The molecule has 0 aromatic heterocycles. The minimum Gasteiger partial charge on any atom is -0.490 e. The van der Waals surface area contributed by atoms with Crippen molar-refractivity contribution in [3.63, 3.8) is 0 Å². The average Bonchev–Trinajstić information content (AvgIpc) is 2.86. The largest absolute Gasteiger partial charge is 0.490 e. The average molecular weight is 301 g/mol. The van der Waals surface area contributed by atoms with Crippen LogP contribution >= 0.6 is 0 Å². The number of nitrogens with one attached hydrogen (secondary N) is 1.